The molecule has 0 saturated carbocycles. The van der Waals surface area contributed by atoms with Crippen molar-refractivity contribution in [3.8, 4) is 0 Å². The summed E-state index contributed by atoms with van der Waals surface area (Å²) in [6.45, 7) is 2.43. The first-order valence-electron chi connectivity index (χ1n) is 3.65. The molecule has 1 aliphatic heterocycles. The van der Waals surface area contributed by atoms with Gasteiger partial charge in [-0.15, -0.1) is 0 Å². The molecule has 0 spiro atoms. The van der Waals surface area contributed by atoms with E-state index in [1.165, 1.54) is 32.4 Å². The summed E-state index contributed by atoms with van der Waals surface area (Å²) in [6.07, 6.45) is 4.01. The molecule has 0 N–H and O–H groups in total. The van der Waals surface area contributed by atoms with Crippen molar-refractivity contribution >= 4 is 12.6 Å². The van der Waals surface area contributed by atoms with E-state index in [9.17, 15) is 0 Å². The van der Waals surface area contributed by atoms with Crippen molar-refractivity contribution in [2.24, 2.45) is 0 Å². The SMILES string of the molecule is CN1CCCCC(S)C1. The predicted octanol–water partition coefficient (Wildman–Crippen LogP) is 1.40. The predicted molar refractivity (Wildman–Crippen MR) is 44.1 cm³/mol. The third-order valence-electron chi connectivity index (χ3n) is 1.85. The van der Waals surface area contributed by atoms with Gasteiger partial charge in [-0.2, -0.15) is 12.6 Å². The van der Waals surface area contributed by atoms with Gasteiger partial charge in [0.1, 0.15) is 0 Å². The smallest absolute Gasteiger partial charge is 0.0144 e. The van der Waals surface area contributed by atoms with Crippen molar-refractivity contribution in [3.05, 3.63) is 0 Å². The average molecular weight is 145 g/mol. The van der Waals surface area contributed by atoms with Crippen molar-refractivity contribution < 1.29 is 0 Å². The summed E-state index contributed by atoms with van der Waals surface area (Å²) >= 11 is 4.45. The van der Waals surface area contributed by atoms with Gasteiger partial charge in [0.15, 0.2) is 0 Å². The molecule has 1 fully saturated rings. The van der Waals surface area contributed by atoms with Crippen LogP contribution in [0.1, 0.15) is 19.3 Å². The molecule has 1 atom stereocenters. The van der Waals surface area contributed by atoms with E-state index < -0.39 is 0 Å². The highest BCUT2D eigenvalue weighted by atomic mass is 32.1. The van der Waals surface area contributed by atoms with Crippen LogP contribution in [-0.2, 0) is 0 Å². The molecular formula is C7H15NS. The van der Waals surface area contributed by atoms with Gasteiger partial charge < -0.3 is 4.90 Å². The van der Waals surface area contributed by atoms with E-state index in [2.05, 4.69) is 24.6 Å². The second-order valence-corrected chi connectivity index (χ2v) is 3.64. The molecule has 0 aliphatic carbocycles. The monoisotopic (exact) mass is 145 g/mol. The molecular weight excluding hydrogens is 130 g/mol. The molecule has 1 nitrogen and oxygen atoms in total. The zero-order valence-electron chi connectivity index (χ0n) is 6.01. The summed E-state index contributed by atoms with van der Waals surface area (Å²) in [5, 5.41) is 0.623. The minimum atomic E-state index is 0.623. The van der Waals surface area contributed by atoms with Crippen LogP contribution in [0.25, 0.3) is 0 Å². The van der Waals surface area contributed by atoms with Gasteiger partial charge >= 0.3 is 0 Å². The fourth-order valence-corrected chi connectivity index (χ4v) is 1.77. The Morgan fingerprint density at radius 1 is 1.44 bits per heavy atom. The number of hydrogen-bond donors (Lipinski definition) is 1. The number of hydrogen-bond acceptors (Lipinski definition) is 2. The Balaban J connectivity index is 2.29. The quantitative estimate of drug-likeness (QED) is 0.504. The Hall–Kier alpha value is 0.310. The van der Waals surface area contributed by atoms with Gasteiger partial charge in [-0.25, -0.2) is 0 Å². The van der Waals surface area contributed by atoms with Gasteiger partial charge in [-0.1, -0.05) is 6.42 Å². The van der Waals surface area contributed by atoms with Gasteiger partial charge in [-0.05, 0) is 26.4 Å². The van der Waals surface area contributed by atoms with E-state index in [1.54, 1.807) is 0 Å². The summed E-state index contributed by atoms with van der Waals surface area (Å²) in [5.41, 5.74) is 0. The lowest BCUT2D eigenvalue weighted by molar-refractivity contribution is 0.353. The van der Waals surface area contributed by atoms with Gasteiger partial charge in [0, 0.05) is 11.8 Å². The molecule has 0 bridgehead atoms. The number of rotatable bonds is 0. The van der Waals surface area contributed by atoms with E-state index in [0.29, 0.717) is 5.25 Å². The van der Waals surface area contributed by atoms with Crippen LogP contribution in [0.3, 0.4) is 0 Å². The van der Waals surface area contributed by atoms with E-state index in [0.717, 1.165) is 0 Å². The molecule has 1 saturated heterocycles. The van der Waals surface area contributed by atoms with Crippen molar-refractivity contribution in [1.82, 2.24) is 4.90 Å². The highest BCUT2D eigenvalue weighted by molar-refractivity contribution is 7.81. The van der Waals surface area contributed by atoms with Crippen molar-refractivity contribution in [1.29, 1.82) is 0 Å². The lowest BCUT2D eigenvalue weighted by atomic mass is 10.2. The lowest BCUT2D eigenvalue weighted by Crippen LogP contribution is -2.24. The summed E-state index contributed by atoms with van der Waals surface area (Å²) in [7, 11) is 2.18. The van der Waals surface area contributed by atoms with Crippen LogP contribution < -0.4 is 0 Å². The van der Waals surface area contributed by atoms with Crippen molar-refractivity contribution in [2.45, 2.75) is 24.5 Å². The molecule has 0 radical (unpaired) electrons. The lowest BCUT2D eigenvalue weighted by Gasteiger charge is -2.14. The molecule has 1 unspecified atom stereocenters. The van der Waals surface area contributed by atoms with Gasteiger partial charge in [0.2, 0.25) is 0 Å². The van der Waals surface area contributed by atoms with E-state index in [4.69, 9.17) is 0 Å². The molecule has 0 aromatic heterocycles. The average Bonchev–Trinajstić information content (AvgIpc) is 1.93. The summed E-state index contributed by atoms with van der Waals surface area (Å²) in [6, 6.07) is 0. The van der Waals surface area contributed by atoms with Crippen LogP contribution in [-0.4, -0.2) is 30.3 Å². The van der Waals surface area contributed by atoms with Gasteiger partial charge in [0.05, 0.1) is 0 Å². The van der Waals surface area contributed by atoms with Crippen LogP contribution in [0.15, 0.2) is 0 Å². The van der Waals surface area contributed by atoms with Crippen molar-refractivity contribution in [2.75, 3.05) is 20.1 Å². The third-order valence-corrected chi connectivity index (χ3v) is 2.27. The maximum Gasteiger partial charge on any atom is 0.0144 e. The fraction of sp³-hybridized carbons (Fsp3) is 1.00. The largest absolute Gasteiger partial charge is 0.305 e. The summed E-state index contributed by atoms with van der Waals surface area (Å²) < 4.78 is 0. The molecule has 0 aromatic carbocycles. The molecule has 1 heterocycles. The van der Waals surface area contributed by atoms with Gasteiger partial charge in [-0.3, -0.25) is 0 Å². The summed E-state index contributed by atoms with van der Waals surface area (Å²) in [4.78, 5) is 2.37. The third kappa shape index (κ3) is 2.59. The molecule has 9 heavy (non-hydrogen) atoms. The molecule has 0 aromatic rings. The first-order valence-corrected chi connectivity index (χ1v) is 4.17. The standard InChI is InChI=1S/C7H15NS/c1-8-5-3-2-4-7(9)6-8/h7,9H,2-6H2,1H3. The topological polar surface area (TPSA) is 3.24 Å². The zero-order valence-corrected chi connectivity index (χ0v) is 6.90. The van der Waals surface area contributed by atoms with Crippen LogP contribution in [0.4, 0.5) is 0 Å². The Morgan fingerprint density at radius 2 is 2.22 bits per heavy atom. The van der Waals surface area contributed by atoms with Crippen LogP contribution in [0.5, 0.6) is 0 Å². The van der Waals surface area contributed by atoms with Crippen molar-refractivity contribution in [3.63, 3.8) is 0 Å². The molecule has 0 amide bonds. The van der Waals surface area contributed by atoms with Crippen LogP contribution >= 0.6 is 12.6 Å². The van der Waals surface area contributed by atoms with E-state index in [1.807, 2.05) is 0 Å². The fourth-order valence-electron chi connectivity index (χ4n) is 1.30. The van der Waals surface area contributed by atoms with E-state index >= 15 is 0 Å². The Morgan fingerprint density at radius 3 is 3.00 bits per heavy atom. The number of nitrogens with zero attached hydrogens (tertiary/aromatic N) is 1. The molecule has 1 rings (SSSR count). The molecule has 2 heteroatoms. The normalized spacial score (nSPS) is 32.0. The van der Waals surface area contributed by atoms with Crippen LogP contribution in [0, 0.1) is 0 Å². The molecule has 54 valence electrons. The minimum Gasteiger partial charge on any atom is -0.305 e. The second-order valence-electron chi connectivity index (χ2n) is 2.91. The Labute approximate surface area is 62.8 Å². The van der Waals surface area contributed by atoms with E-state index in [-0.39, 0.29) is 0 Å². The van der Waals surface area contributed by atoms with Crippen LogP contribution in [0.2, 0.25) is 0 Å². The van der Waals surface area contributed by atoms with Gasteiger partial charge in [0.25, 0.3) is 0 Å². The second kappa shape index (κ2) is 3.47. The number of thiol groups is 1. The maximum absolute atomic E-state index is 4.45. The summed E-state index contributed by atoms with van der Waals surface area (Å²) in [5.74, 6) is 0. The minimum absolute atomic E-state index is 0.623. The highest BCUT2D eigenvalue weighted by Crippen LogP contribution is 2.12. The zero-order chi connectivity index (χ0) is 6.69. The first-order chi connectivity index (χ1) is 4.29. The highest BCUT2D eigenvalue weighted by Gasteiger charge is 2.10. The number of likely N-dealkylation sites (tertiary alicyclic amines) is 1. The Kier molecular flexibility index (Phi) is 2.86. The maximum atomic E-state index is 4.45. The Bertz CT molecular complexity index is 75.0. The first kappa shape index (κ1) is 7.42. The molecule has 1 aliphatic rings.